The number of Topliss-reactive ketones (excluding diaryl/α,β-unsaturated/α-hetero) is 1. The Bertz CT molecular complexity index is 895. The van der Waals surface area contributed by atoms with Gasteiger partial charge in [0.1, 0.15) is 5.75 Å². The van der Waals surface area contributed by atoms with Crippen LogP contribution in [-0.2, 0) is 0 Å². The fourth-order valence-corrected chi connectivity index (χ4v) is 5.09. The minimum atomic E-state index is -1.10. The molecule has 2 N–H and O–H groups in total. The summed E-state index contributed by atoms with van der Waals surface area (Å²) in [7, 11) is 0. The van der Waals surface area contributed by atoms with Gasteiger partial charge in [-0.15, -0.1) is 0 Å². The van der Waals surface area contributed by atoms with Gasteiger partial charge in [0, 0.05) is 5.92 Å². The first-order valence-corrected chi connectivity index (χ1v) is 10.2. The van der Waals surface area contributed by atoms with Crippen molar-refractivity contribution in [2.45, 2.75) is 56.8 Å². The number of hydrogen-bond acceptors (Lipinski definition) is 3. The number of carboxylic acids is 1. The van der Waals surface area contributed by atoms with Crippen molar-refractivity contribution >= 4 is 11.8 Å². The van der Waals surface area contributed by atoms with Crippen LogP contribution in [0.4, 0.5) is 0 Å². The summed E-state index contributed by atoms with van der Waals surface area (Å²) in [6.07, 6.45) is 8.34. The number of aromatic carboxylic acids is 1. The number of ketones is 1. The lowest BCUT2D eigenvalue weighted by Crippen LogP contribution is -2.13. The number of phenolic OH excluding ortho intramolecular Hbond substituents is 1. The van der Waals surface area contributed by atoms with Crippen molar-refractivity contribution in [2.24, 2.45) is 5.92 Å². The molecule has 2 atom stereocenters. The molecule has 1 fully saturated rings. The number of fused-ring (bicyclic) bond motifs is 1. The van der Waals surface area contributed by atoms with E-state index in [0.717, 1.165) is 24.3 Å². The highest BCUT2D eigenvalue weighted by Gasteiger charge is 2.37. The molecule has 0 saturated heterocycles. The molecule has 0 bridgehead atoms. The van der Waals surface area contributed by atoms with Crippen LogP contribution in [0.25, 0.3) is 0 Å². The molecule has 1 saturated carbocycles. The van der Waals surface area contributed by atoms with E-state index in [1.54, 1.807) is 0 Å². The Hall–Kier alpha value is -2.62. The molecule has 4 heteroatoms. The number of aromatic hydroxyl groups is 1. The van der Waals surface area contributed by atoms with E-state index >= 15 is 0 Å². The Kier molecular flexibility index (Phi) is 5.21. The summed E-state index contributed by atoms with van der Waals surface area (Å²) in [6.45, 7) is 0. The Morgan fingerprint density at radius 3 is 2.39 bits per heavy atom. The second-order valence-corrected chi connectivity index (χ2v) is 8.26. The van der Waals surface area contributed by atoms with Gasteiger partial charge in [-0.3, -0.25) is 4.79 Å². The molecule has 0 aromatic heterocycles. The highest BCUT2D eigenvalue weighted by Crippen LogP contribution is 2.48. The van der Waals surface area contributed by atoms with Crippen LogP contribution in [0, 0.1) is 5.92 Å². The number of carboxylic acid groups (broad SMARTS) is 1. The number of benzene rings is 2. The third-order valence-electron chi connectivity index (χ3n) is 6.50. The quantitative estimate of drug-likeness (QED) is 0.672. The Morgan fingerprint density at radius 2 is 1.68 bits per heavy atom. The van der Waals surface area contributed by atoms with Gasteiger partial charge in [0.15, 0.2) is 5.78 Å². The molecule has 2 aliphatic carbocycles. The van der Waals surface area contributed by atoms with Crippen LogP contribution in [-0.4, -0.2) is 22.0 Å². The van der Waals surface area contributed by atoms with Gasteiger partial charge < -0.3 is 10.2 Å². The van der Waals surface area contributed by atoms with Gasteiger partial charge in [0.25, 0.3) is 0 Å². The van der Waals surface area contributed by atoms with Crippen molar-refractivity contribution in [3.63, 3.8) is 0 Å². The molecule has 28 heavy (non-hydrogen) atoms. The zero-order valence-corrected chi connectivity index (χ0v) is 15.9. The first kappa shape index (κ1) is 18.7. The normalized spacial score (nSPS) is 22.0. The fourth-order valence-electron chi connectivity index (χ4n) is 5.09. The molecule has 0 radical (unpaired) electrons. The van der Waals surface area contributed by atoms with Crippen LogP contribution < -0.4 is 0 Å². The third-order valence-corrected chi connectivity index (χ3v) is 6.50. The van der Waals surface area contributed by atoms with Gasteiger partial charge in [-0.2, -0.15) is 0 Å². The van der Waals surface area contributed by atoms with Crippen molar-refractivity contribution in [1.29, 1.82) is 0 Å². The molecule has 0 aliphatic heterocycles. The van der Waals surface area contributed by atoms with Crippen LogP contribution >= 0.6 is 0 Å². The third kappa shape index (κ3) is 3.56. The molecule has 0 amide bonds. The molecule has 2 aromatic rings. The maximum absolute atomic E-state index is 13.3. The Labute approximate surface area is 165 Å². The number of rotatable bonds is 5. The molecular formula is C24H26O4. The summed E-state index contributed by atoms with van der Waals surface area (Å²) in [4.78, 5) is 24.6. The van der Waals surface area contributed by atoms with Crippen LogP contribution in [0.15, 0.2) is 42.5 Å². The molecule has 2 aromatic carbocycles. The van der Waals surface area contributed by atoms with Gasteiger partial charge in [-0.05, 0) is 54.0 Å². The molecular weight excluding hydrogens is 352 g/mol. The largest absolute Gasteiger partial charge is 0.507 e. The summed E-state index contributed by atoms with van der Waals surface area (Å²) in [6, 6.07) is 12.1. The Balaban J connectivity index is 1.62. The first-order chi connectivity index (χ1) is 13.5. The molecule has 2 aliphatic rings. The number of carbonyl (C=O) groups is 2. The zero-order chi connectivity index (χ0) is 19.7. The summed E-state index contributed by atoms with van der Waals surface area (Å²) >= 11 is 0. The van der Waals surface area contributed by atoms with E-state index in [4.69, 9.17) is 0 Å². The first-order valence-electron chi connectivity index (χ1n) is 10.2. The SMILES string of the molecule is O=C(O)c1ccc(O)c(C(=O)C2CC(CC3CCCCC3)c3ccccc32)c1. The summed E-state index contributed by atoms with van der Waals surface area (Å²) in [5, 5.41) is 19.4. The van der Waals surface area contributed by atoms with Crippen molar-refractivity contribution in [2.75, 3.05) is 0 Å². The van der Waals surface area contributed by atoms with Crippen LogP contribution in [0.2, 0.25) is 0 Å². The summed E-state index contributed by atoms with van der Waals surface area (Å²) in [5.41, 5.74) is 2.41. The molecule has 0 heterocycles. The van der Waals surface area contributed by atoms with Crippen molar-refractivity contribution < 1.29 is 19.8 Å². The predicted octanol–water partition coefficient (Wildman–Crippen LogP) is 5.51. The van der Waals surface area contributed by atoms with E-state index in [9.17, 15) is 19.8 Å². The predicted molar refractivity (Wildman–Crippen MR) is 107 cm³/mol. The number of carbonyl (C=O) groups excluding carboxylic acids is 1. The van der Waals surface area contributed by atoms with Gasteiger partial charge in [0.2, 0.25) is 0 Å². The number of phenols is 1. The average molecular weight is 378 g/mol. The van der Waals surface area contributed by atoms with Crippen molar-refractivity contribution in [3.05, 3.63) is 64.7 Å². The topological polar surface area (TPSA) is 74.6 Å². The molecule has 0 spiro atoms. The van der Waals surface area contributed by atoms with Crippen LogP contribution in [0.3, 0.4) is 0 Å². The minimum absolute atomic E-state index is 0.0196. The average Bonchev–Trinajstić information content (AvgIpc) is 3.07. The Morgan fingerprint density at radius 1 is 0.964 bits per heavy atom. The zero-order valence-electron chi connectivity index (χ0n) is 15.9. The van der Waals surface area contributed by atoms with Gasteiger partial charge >= 0.3 is 5.97 Å². The van der Waals surface area contributed by atoms with Crippen molar-refractivity contribution in [3.8, 4) is 5.75 Å². The van der Waals surface area contributed by atoms with Crippen LogP contribution in [0.1, 0.15) is 88.6 Å². The fraction of sp³-hybridized carbons (Fsp3) is 0.417. The van der Waals surface area contributed by atoms with Crippen LogP contribution in [0.5, 0.6) is 5.75 Å². The number of hydrogen-bond donors (Lipinski definition) is 2. The standard InChI is InChI=1S/C24H26O4/c25-22-11-10-16(24(27)28)13-21(22)23(26)20-14-17(12-15-6-2-1-3-7-15)18-8-4-5-9-19(18)20/h4-5,8-11,13,15,17,20,25H,1-3,6-7,12,14H2,(H,27,28). The molecule has 2 unspecified atom stereocenters. The van der Waals surface area contributed by atoms with E-state index in [-0.39, 0.29) is 28.6 Å². The highest BCUT2D eigenvalue weighted by molar-refractivity contribution is 6.05. The van der Waals surface area contributed by atoms with E-state index in [1.165, 1.54) is 55.9 Å². The minimum Gasteiger partial charge on any atom is -0.507 e. The van der Waals surface area contributed by atoms with E-state index in [2.05, 4.69) is 6.07 Å². The van der Waals surface area contributed by atoms with Gasteiger partial charge in [0.05, 0.1) is 11.1 Å². The summed E-state index contributed by atoms with van der Waals surface area (Å²) in [5.74, 6) is -0.666. The second kappa shape index (κ2) is 7.78. The lowest BCUT2D eigenvalue weighted by Gasteiger charge is -2.25. The van der Waals surface area contributed by atoms with Crippen molar-refractivity contribution in [1.82, 2.24) is 0 Å². The lowest BCUT2D eigenvalue weighted by atomic mass is 9.80. The van der Waals surface area contributed by atoms with E-state index < -0.39 is 5.97 Å². The maximum atomic E-state index is 13.3. The van der Waals surface area contributed by atoms with Gasteiger partial charge in [-0.1, -0.05) is 56.4 Å². The smallest absolute Gasteiger partial charge is 0.335 e. The highest BCUT2D eigenvalue weighted by atomic mass is 16.4. The summed E-state index contributed by atoms with van der Waals surface area (Å²) < 4.78 is 0. The lowest BCUT2D eigenvalue weighted by molar-refractivity contribution is 0.0697. The van der Waals surface area contributed by atoms with E-state index in [1.807, 2.05) is 18.2 Å². The monoisotopic (exact) mass is 378 g/mol. The van der Waals surface area contributed by atoms with E-state index in [0.29, 0.717) is 5.92 Å². The second-order valence-electron chi connectivity index (χ2n) is 8.26. The van der Waals surface area contributed by atoms with Gasteiger partial charge in [-0.25, -0.2) is 4.79 Å². The molecule has 4 nitrogen and oxygen atoms in total. The molecule has 4 rings (SSSR count). The maximum Gasteiger partial charge on any atom is 0.335 e. The molecule has 146 valence electrons.